The van der Waals surface area contributed by atoms with E-state index < -0.39 is 17.6 Å². The molecular formula is C12H22N2O4. The topological polar surface area (TPSA) is 81.1 Å². The number of rotatable bonds is 4. The molecule has 0 aromatic carbocycles. The number of urea groups is 1. The number of amides is 2. The quantitative estimate of drug-likeness (QED) is 0.779. The van der Waals surface area contributed by atoms with Gasteiger partial charge in [0.1, 0.15) is 6.04 Å². The van der Waals surface area contributed by atoms with Crippen LogP contribution in [0, 0.1) is 0 Å². The minimum Gasteiger partial charge on any atom is -0.480 e. The van der Waals surface area contributed by atoms with Gasteiger partial charge in [-0.05, 0) is 33.6 Å². The lowest BCUT2D eigenvalue weighted by Gasteiger charge is -2.33. The van der Waals surface area contributed by atoms with Crippen LogP contribution in [-0.2, 0) is 4.79 Å². The number of carbonyl (C=O) groups excluding carboxylic acids is 1. The summed E-state index contributed by atoms with van der Waals surface area (Å²) in [6.45, 7) is 6.19. The summed E-state index contributed by atoms with van der Waals surface area (Å²) in [6, 6.07) is -1.03. The molecule has 0 aromatic heterocycles. The number of carbonyl (C=O) groups is 2. The van der Waals surface area contributed by atoms with Crippen LogP contribution in [0.4, 0.5) is 4.79 Å². The van der Waals surface area contributed by atoms with Gasteiger partial charge in [-0.15, -0.1) is 0 Å². The van der Waals surface area contributed by atoms with E-state index in [1.54, 1.807) is 13.8 Å². The molecule has 18 heavy (non-hydrogen) atoms. The van der Waals surface area contributed by atoms with Gasteiger partial charge in [0.25, 0.3) is 0 Å². The Balaban J connectivity index is 2.74. The third-order valence-corrected chi connectivity index (χ3v) is 3.01. The molecule has 2 amide bonds. The molecule has 104 valence electrons. The zero-order valence-corrected chi connectivity index (χ0v) is 11.2. The third kappa shape index (κ3) is 3.60. The van der Waals surface area contributed by atoms with Crippen molar-refractivity contribution in [1.29, 1.82) is 0 Å². The zero-order valence-electron chi connectivity index (χ0n) is 11.2. The Labute approximate surface area is 107 Å². The van der Waals surface area contributed by atoms with Gasteiger partial charge in [-0.1, -0.05) is 0 Å². The first kappa shape index (κ1) is 14.8. The minimum absolute atomic E-state index is 0.200. The molecule has 6 heteroatoms. The summed E-state index contributed by atoms with van der Waals surface area (Å²) < 4.78 is 0. The summed E-state index contributed by atoms with van der Waals surface area (Å²) in [4.78, 5) is 26.2. The van der Waals surface area contributed by atoms with E-state index in [0.717, 1.165) is 0 Å². The van der Waals surface area contributed by atoms with E-state index in [0.29, 0.717) is 25.9 Å². The first-order chi connectivity index (χ1) is 8.26. The van der Waals surface area contributed by atoms with Gasteiger partial charge in [0.2, 0.25) is 0 Å². The number of hydrogen-bond acceptors (Lipinski definition) is 3. The second-order valence-corrected chi connectivity index (χ2v) is 5.30. The van der Waals surface area contributed by atoms with Gasteiger partial charge < -0.3 is 20.0 Å². The number of likely N-dealkylation sites (tertiary alicyclic amines) is 1. The highest BCUT2D eigenvalue weighted by Gasteiger charge is 2.36. The van der Waals surface area contributed by atoms with Crippen LogP contribution in [0.15, 0.2) is 0 Å². The predicted octanol–water partition coefficient (Wildman–Crippen LogP) is 0.748. The molecule has 0 bridgehead atoms. The molecule has 0 spiro atoms. The predicted molar refractivity (Wildman–Crippen MR) is 66.3 cm³/mol. The fourth-order valence-electron chi connectivity index (χ4n) is 2.22. The van der Waals surface area contributed by atoms with Gasteiger partial charge in [-0.25, -0.2) is 9.59 Å². The standard InChI is InChI=1S/C12H22N2O4/c1-4-13(8-12(2,3)18)11(17)14-7-5-6-9(14)10(15)16/h9,18H,4-8H2,1-3H3,(H,15,16). The number of aliphatic hydroxyl groups is 1. The molecule has 6 nitrogen and oxygen atoms in total. The summed E-state index contributed by atoms with van der Waals surface area (Å²) in [5, 5.41) is 18.8. The number of hydrogen-bond donors (Lipinski definition) is 2. The molecule has 1 rings (SSSR count). The lowest BCUT2D eigenvalue weighted by molar-refractivity contribution is -0.141. The van der Waals surface area contributed by atoms with E-state index in [1.165, 1.54) is 9.80 Å². The van der Waals surface area contributed by atoms with Gasteiger partial charge in [0.05, 0.1) is 12.1 Å². The molecule has 1 heterocycles. The van der Waals surface area contributed by atoms with E-state index in [-0.39, 0.29) is 12.6 Å². The van der Waals surface area contributed by atoms with Gasteiger partial charge in [0.15, 0.2) is 0 Å². The number of carboxylic acids is 1. The van der Waals surface area contributed by atoms with Crippen LogP contribution in [0.5, 0.6) is 0 Å². The SMILES string of the molecule is CCN(CC(C)(C)O)C(=O)N1CCCC1C(=O)O. The van der Waals surface area contributed by atoms with Gasteiger partial charge in [-0.2, -0.15) is 0 Å². The van der Waals surface area contributed by atoms with Crippen LogP contribution >= 0.6 is 0 Å². The Morgan fingerprint density at radius 1 is 1.44 bits per heavy atom. The monoisotopic (exact) mass is 258 g/mol. The average molecular weight is 258 g/mol. The van der Waals surface area contributed by atoms with Crippen LogP contribution in [-0.4, -0.2) is 63.3 Å². The molecule has 0 aliphatic carbocycles. The molecule has 0 radical (unpaired) electrons. The summed E-state index contributed by atoms with van der Waals surface area (Å²) in [5.41, 5.74) is -0.982. The maximum atomic E-state index is 12.2. The Hall–Kier alpha value is -1.30. The maximum Gasteiger partial charge on any atom is 0.326 e. The fourth-order valence-corrected chi connectivity index (χ4v) is 2.22. The number of aliphatic carboxylic acids is 1. The molecule has 1 aliphatic heterocycles. The summed E-state index contributed by atoms with van der Waals surface area (Å²) in [6.07, 6.45) is 1.21. The number of likely N-dealkylation sites (N-methyl/N-ethyl adjacent to an activating group) is 1. The second kappa shape index (κ2) is 5.56. The number of nitrogens with zero attached hydrogens (tertiary/aromatic N) is 2. The van der Waals surface area contributed by atoms with Crippen molar-refractivity contribution in [2.75, 3.05) is 19.6 Å². The van der Waals surface area contributed by atoms with Crippen molar-refractivity contribution in [2.24, 2.45) is 0 Å². The molecule has 0 saturated carbocycles. The third-order valence-electron chi connectivity index (χ3n) is 3.01. The fraction of sp³-hybridized carbons (Fsp3) is 0.833. The summed E-state index contributed by atoms with van der Waals surface area (Å²) in [7, 11) is 0. The van der Waals surface area contributed by atoms with Crippen LogP contribution in [0.1, 0.15) is 33.6 Å². The van der Waals surface area contributed by atoms with Crippen LogP contribution in [0.2, 0.25) is 0 Å². The molecule has 2 N–H and O–H groups in total. The Morgan fingerprint density at radius 3 is 2.50 bits per heavy atom. The van der Waals surface area contributed by atoms with Crippen molar-refractivity contribution in [1.82, 2.24) is 9.80 Å². The van der Waals surface area contributed by atoms with Crippen molar-refractivity contribution in [3.63, 3.8) is 0 Å². The lowest BCUT2D eigenvalue weighted by Crippen LogP contribution is -2.51. The molecule has 0 aromatic rings. The number of carboxylic acid groups (broad SMARTS) is 1. The van der Waals surface area contributed by atoms with Crippen molar-refractivity contribution >= 4 is 12.0 Å². The first-order valence-electron chi connectivity index (χ1n) is 6.27. The zero-order chi connectivity index (χ0) is 13.9. The normalized spacial score (nSPS) is 20.0. The minimum atomic E-state index is -0.982. The summed E-state index contributed by atoms with van der Waals surface area (Å²) >= 11 is 0. The average Bonchev–Trinajstić information content (AvgIpc) is 2.72. The second-order valence-electron chi connectivity index (χ2n) is 5.30. The van der Waals surface area contributed by atoms with Crippen molar-refractivity contribution in [3.05, 3.63) is 0 Å². The van der Waals surface area contributed by atoms with Crippen molar-refractivity contribution < 1.29 is 19.8 Å². The highest BCUT2D eigenvalue weighted by molar-refractivity contribution is 5.83. The van der Waals surface area contributed by atoms with Crippen LogP contribution in [0.25, 0.3) is 0 Å². The largest absolute Gasteiger partial charge is 0.480 e. The van der Waals surface area contributed by atoms with E-state index in [4.69, 9.17) is 5.11 Å². The Bertz CT molecular complexity index is 325. The molecule has 1 aliphatic rings. The highest BCUT2D eigenvalue weighted by Crippen LogP contribution is 2.20. The van der Waals surface area contributed by atoms with Crippen molar-refractivity contribution in [3.8, 4) is 0 Å². The molecule has 1 fully saturated rings. The Kier molecular flexibility index (Phi) is 4.56. The maximum absolute atomic E-state index is 12.2. The van der Waals surface area contributed by atoms with Crippen molar-refractivity contribution in [2.45, 2.75) is 45.3 Å². The van der Waals surface area contributed by atoms with Gasteiger partial charge in [-0.3, -0.25) is 0 Å². The molecular weight excluding hydrogens is 236 g/mol. The summed E-state index contributed by atoms with van der Waals surface area (Å²) in [5.74, 6) is -0.958. The van der Waals surface area contributed by atoms with Gasteiger partial charge >= 0.3 is 12.0 Å². The van der Waals surface area contributed by atoms with Crippen LogP contribution < -0.4 is 0 Å². The molecule has 1 unspecified atom stereocenters. The molecule has 1 atom stereocenters. The van der Waals surface area contributed by atoms with E-state index in [1.807, 2.05) is 6.92 Å². The first-order valence-corrected chi connectivity index (χ1v) is 6.27. The van der Waals surface area contributed by atoms with E-state index in [9.17, 15) is 14.7 Å². The molecule has 1 saturated heterocycles. The lowest BCUT2D eigenvalue weighted by atomic mass is 10.1. The van der Waals surface area contributed by atoms with E-state index in [2.05, 4.69) is 0 Å². The smallest absolute Gasteiger partial charge is 0.326 e. The van der Waals surface area contributed by atoms with Gasteiger partial charge in [0, 0.05) is 13.1 Å². The van der Waals surface area contributed by atoms with E-state index >= 15 is 0 Å². The Morgan fingerprint density at radius 2 is 2.06 bits per heavy atom. The van der Waals surface area contributed by atoms with Crippen LogP contribution in [0.3, 0.4) is 0 Å². The highest BCUT2D eigenvalue weighted by atomic mass is 16.4.